The fraction of sp³-hybridized carbons (Fsp3) is 0.619. The van der Waals surface area contributed by atoms with Crippen LogP contribution in [-0.2, 0) is 9.59 Å². The highest BCUT2D eigenvalue weighted by Gasteiger charge is 2.54. The predicted octanol–water partition coefficient (Wildman–Crippen LogP) is 1.55. The second-order valence-corrected chi connectivity index (χ2v) is 8.76. The quantitative estimate of drug-likeness (QED) is 0.817. The van der Waals surface area contributed by atoms with Crippen molar-refractivity contribution in [3.63, 3.8) is 0 Å². The highest BCUT2D eigenvalue weighted by molar-refractivity contribution is 6.37. The largest absolute Gasteiger partial charge is 0.341 e. The molecule has 27 heavy (non-hydrogen) atoms. The summed E-state index contributed by atoms with van der Waals surface area (Å²) in [6, 6.07) is 0.365. The first-order chi connectivity index (χ1) is 12.9. The molecule has 1 spiro atoms. The zero-order chi connectivity index (χ0) is 19.2. The fourth-order valence-electron chi connectivity index (χ4n) is 5.09. The molecule has 6 nitrogen and oxygen atoms in total. The van der Waals surface area contributed by atoms with Crippen molar-refractivity contribution in [1.82, 2.24) is 15.1 Å². The van der Waals surface area contributed by atoms with E-state index in [1.807, 2.05) is 6.92 Å². The van der Waals surface area contributed by atoms with E-state index in [2.05, 4.69) is 33.7 Å². The molecule has 0 aromatic heterocycles. The molecule has 3 aliphatic heterocycles. The predicted molar refractivity (Wildman–Crippen MR) is 105 cm³/mol. The van der Waals surface area contributed by atoms with Crippen LogP contribution in [0, 0.1) is 17.5 Å². The average Bonchev–Trinajstić information content (AvgIpc) is 2.57. The maximum absolute atomic E-state index is 12.7. The molecule has 6 heteroatoms. The lowest BCUT2D eigenvalue weighted by atomic mass is 9.60. The van der Waals surface area contributed by atoms with Gasteiger partial charge in [-0.3, -0.25) is 19.9 Å². The van der Waals surface area contributed by atoms with Crippen molar-refractivity contribution in [1.29, 1.82) is 0 Å². The number of piperidine rings is 1. The topological polar surface area (TPSA) is 65.0 Å². The summed E-state index contributed by atoms with van der Waals surface area (Å²) in [5.74, 6) is 0.451. The minimum Gasteiger partial charge on any atom is -0.341 e. The minimum absolute atomic E-state index is 0.0837. The van der Waals surface area contributed by atoms with Crippen LogP contribution in [-0.4, -0.2) is 67.0 Å². The zero-order valence-electron chi connectivity index (χ0n) is 16.3. The van der Waals surface area contributed by atoms with Crippen LogP contribution in [0.5, 0.6) is 0 Å². The van der Waals surface area contributed by atoms with Crippen molar-refractivity contribution < 1.29 is 9.59 Å². The van der Waals surface area contributed by atoms with E-state index >= 15 is 0 Å². The molecule has 1 radical (unpaired) electrons. The molecule has 145 valence electrons. The Kier molecular flexibility index (Phi) is 4.80. The van der Waals surface area contributed by atoms with Gasteiger partial charge in [-0.2, -0.15) is 0 Å². The van der Waals surface area contributed by atoms with Crippen LogP contribution in [0.1, 0.15) is 32.6 Å². The van der Waals surface area contributed by atoms with Crippen LogP contribution in [0.3, 0.4) is 0 Å². The van der Waals surface area contributed by atoms with Gasteiger partial charge in [0.05, 0.1) is 12.1 Å². The standard InChI is InChI=1S/C21H29N4O2/c1-4-17-14(2)19(22-10-18(17)26)23-16-8-21(9-16)12-25(13-21)20(27)15-6-5-7-24(3)11-15/h4,10,15-16,23H,1,5-9,11-13H2,2-3H3/t15-/m0/s1. The summed E-state index contributed by atoms with van der Waals surface area (Å²) in [4.78, 5) is 33.1. The van der Waals surface area contributed by atoms with E-state index in [-0.39, 0.29) is 11.7 Å². The van der Waals surface area contributed by atoms with E-state index in [9.17, 15) is 9.59 Å². The van der Waals surface area contributed by atoms with Crippen molar-refractivity contribution in [2.45, 2.75) is 38.6 Å². The van der Waals surface area contributed by atoms with Crippen LogP contribution in [0.15, 0.2) is 28.8 Å². The second-order valence-electron chi connectivity index (χ2n) is 8.76. The van der Waals surface area contributed by atoms with E-state index in [0.29, 0.717) is 22.9 Å². The Morgan fingerprint density at radius 3 is 2.81 bits per heavy atom. The van der Waals surface area contributed by atoms with Gasteiger partial charge in [0, 0.05) is 36.7 Å². The maximum Gasteiger partial charge on any atom is 0.227 e. The molecule has 1 aliphatic carbocycles. The van der Waals surface area contributed by atoms with Gasteiger partial charge in [0.1, 0.15) is 0 Å². The van der Waals surface area contributed by atoms with Crippen LogP contribution in [0.4, 0.5) is 0 Å². The van der Waals surface area contributed by atoms with Crippen LogP contribution in [0.2, 0.25) is 0 Å². The summed E-state index contributed by atoms with van der Waals surface area (Å²) in [6.07, 6.45) is 8.02. The molecule has 3 heterocycles. The Morgan fingerprint density at radius 2 is 2.15 bits per heavy atom. The molecule has 4 aliphatic rings. The van der Waals surface area contributed by atoms with Crippen LogP contribution in [0.25, 0.3) is 0 Å². The number of carbonyl (C=O) groups is 2. The lowest BCUT2D eigenvalue weighted by molar-refractivity contribution is -0.158. The van der Waals surface area contributed by atoms with Gasteiger partial charge in [-0.1, -0.05) is 12.7 Å². The lowest BCUT2D eigenvalue weighted by Crippen LogP contribution is -2.68. The van der Waals surface area contributed by atoms with Gasteiger partial charge in [0.2, 0.25) is 11.7 Å². The van der Waals surface area contributed by atoms with Crippen molar-refractivity contribution in [3.05, 3.63) is 30.0 Å². The van der Waals surface area contributed by atoms with Crippen LogP contribution < -0.4 is 5.32 Å². The number of nitrogens with zero attached hydrogens (tertiary/aromatic N) is 3. The van der Waals surface area contributed by atoms with Crippen molar-refractivity contribution >= 4 is 17.9 Å². The van der Waals surface area contributed by atoms with E-state index in [0.717, 1.165) is 63.6 Å². The van der Waals surface area contributed by atoms with E-state index in [1.54, 1.807) is 6.08 Å². The number of allylic oxidation sites excluding steroid dienone is 2. The Morgan fingerprint density at radius 1 is 1.41 bits per heavy atom. The number of hydrogen-bond donors (Lipinski definition) is 1. The maximum atomic E-state index is 12.7. The van der Waals surface area contributed by atoms with Gasteiger partial charge in [-0.15, -0.1) is 0 Å². The smallest absolute Gasteiger partial charge is 0.227 e. The molecule has 3 fully saturated rings. The number of aliphatic imine (C=N–C) groups is 1. The number of amides is 1. The number of dihydropyridines is 1. The summed E-state index contributed by atoms with van der Waals surface area (Å²) < 4.78 is 0. The molecule has 0 bridgehead atoms. The third kappa shape index (κ3) is 3.41. The molecule has 0 unspecified atom stereocenters. The molecule has 1 saturated carbocycles. The summed E-state index contributed by atoms with van der Waals surface area (Å²) in [5, 5.41) is 3.48. The molecule has 1 N–H and O–H groups in total. The van der Waals surface area contributed by atoms with Gasteiger partial charge < -0.3 is 9.80 Å². The summed E-state index contributed by atoms with van der Waals surface area (Å²) in [5.41, 5.74) is 1.78. The van der Waals surface area contributed by atoms with E-state index < -0.39 is 0 Å². The van der Waals surface area contributed by atoms with Crippen molar-refractivity contribution in [3.8, 4) is 0 Å². The van der Waals surface area contributed by atoms with Gasteiger partial charge >= 0.3 is 0 Å². The van der Waals surface area contributed by atoms with Crippen molar-refractivity contribution in [2.24, 2.45) is 16.3 Å². The molecule has 0 aromatic rings. The fourth-order valence-corrected chi connectivity index (χ4v) is 5.09. The minimum atomic E-state index is -0.0837. The molecule has 1 atom stereocenters. The number of hydrogen-bond acceptors (Lipinski definition) is 5. The Balaban J connectivity index is 1.26. The summed E-state index contributed by atoms with van der Waals surface area (Å²) in [6.45, 7) is 9.44. The Labute approximate surface area is 161 Å². The lowest BCUT2D eigenvalue weighted by Gasteiger charge is -2.60. The molecular weight excluding hydrogens is 340 g/mol. The van der Waals surface area contributed by atoms with Crippen molar-refractivity contribution in [2.75, 3.05) is 33.2 Å². The van der Waals surface area contributed by atoms with E-state index in [1.165, 1.54) is 6.21 Å². The number of carbonyl (C=O) groups excluding carboxylic acids is 2. The van der Waals surface area contributed by atoms with Gasteiger partial charge in [-0.25, -0.2) is 0 Å². The number of likely N-dealkylation sites (tertiary alicyclic amines) is 2. The number of ketones is 1. The Hall–Kier alpha value is -1.79. The first-order valence-corrected chi connectivity index (χ1v) is 9.94. The highest BCUT2D eigenvalue weighted by Crippen LogP contribution is 2.49. The number of rotatable bonds is 4. The third-order valence-electron chi connectivity index (χ3n) is 6.58. The molecule has 0 aromatic carbocycles. The highest BCUT2D eigenvalue weighted by atomic mass is 16.2. The third-order valence-corrected chi connectivity index (χ3v) is 6.58. The molecule has 1 amide bonds. The second kappa shape index (κ2) is 6.99. The zero-order valence-corrected chi connectivity index (χ0v) is 16.3. The van der Waals surface area contributed by atoms with Gasteiger partial charge in [0.15, 0.2) is 6.17 Å². The first-order valence-electron chi connectivity index (χ1n) is 9.94. The molecular formula is C21H29N4O2. The SMILES string of the molecule is C=CC1=C(C)[C](NC2CC3(C2)CN(C(=O)[C@H]2CCCN(C)C2)C3)N=CC1=O. The van der Waals surface area contributed by atoms with E-state index in [4.69, 9.17) is 0 Å². The number of nitrogens with one attached hydrogen (secondary N) is 1. The summed E-state index contributed by atoms with van der Waals surface area (Å²) >= 11 is 0. The van der Waals surface area contributed by atoms with Gasteiger partial charge in [0.25, 0.3) is 0 Å². The molecule has 2 saturated heterocycles. The number of Topliss-reactive ketones (excluding diaryl/α,β-unsaturated/α-hetero) is 1. The monoisotopic (exact) mass is 369 g/mol. The summed E-state index contributed by atoms with van der Waals surface area (Å²) in [7, 11) is 2.10. The molecule has 4 rings (SSSR count). The van der Waals surface area contributed by atoms with Gasteiger partial charge in [-0.05, 0) is 51.8 Å². The first kappa shape index (κ1) is 18.6. The average molecular weight is 369 g/mol. The van der Waals surface area contributed by atoms with Crippen LogP contribution >= 0.6 is 0 Å². The normalized spacial score (nSPS) is 29.0. The Bertz CT molecular complexity index is 712.